The molecule has 0 radical (unpaired) electrons. The summed E-state index contributed by atoms with van der Waals surface area (Å²) in [5.41, 5.74) is 1.17. The second kappa shape index (κ2) is 6.16. The van der Waals surface area contributed by atoms with Gasteiger partial charge in [0.15, 0.2) is 5.58 Å². The van der Waals surface area contributed by atoms with Crippen LogP contribution >= 0.6 is 0 Å². The Kier molecular flexibility index (Phi) is 3.83. The minimum Gasteiger partial charge on any atom is -0.423 e. The normalized spacial score (nSPS) is 17.2. The van der Waals surface area contributed by atoms with Crippen LogP contribution in [-0.2, 0) is 4.79 Å². The molecule has 1 atom stereocenters. The second-order valence-electron chi connectivity index (χ2n) is 5.93. The lowest BCUT2D eigenvalue weighted by Crippen LogP contribution is -2.40. The fourth-order valence-electron chi connectivity index (χ4n) is 3.06. The number of carbonyl (C=O) groups is 1. The van der Waals surface area contributed by atoms with Gasteiger partial charge in [0.2, 0.25) is 5.91 Å². The van der Waals surface area contributed by atoms with Crippen molar-refractivity contribution in [3.05, 3.63) is 54.1 Å². The Hall–Kier alpha value is -2.96. The highest BCUT2D eigenvalue weighted by molar-refractivity contribution is 5.97. The van der Waals surface area contributed by atoms with E-state index < -0.39 is 23.6 Å². The molecule has 0 spiro atoms. The van der Waals surface area contributed by atoms with Crippen molar-refractivity contribution in [1.82, 2.24) is 4.98 Å². The second-order valence-corrected chi connectivity index (χ2v) is 5.93. The number of hydrogen-bond donors (Lipinski definition) is 1. The summed E-state index contributed by atoms with van der Waals surface area (Å²) in [5, 5.41) is 2.46. The first-order valence-electron chi connectivity index (χ1n) is 8.00. The maximum atomic E-state index is 13.8. The molecule has 1 aliphatic heterocycles. The zero-order valence-electron chi connectivity index (χ0n) is 13.2. The summed E-state index contributed by atoms with van der Waals surface area (Å²) < 4.78 is 32.8. The highest BCUT2D eigenvalue weighted by Gasteiger charge is 2.34. The van der Waals surface area contributed by atoms with E-state index in [2.05, 4.69) is 10.3 Å². The van der Waals surface area contributed by atoms with Crippen LogP contribution in [0.4, 0.5) is 20.5 Å². The fourth-order valence-corrected chi connectivity index (χ4v) is 3.06. The molecule has 1 N–H and O–H groups in total. The molecule has 2 aromatic carbocycles. The number of rotatable bonds is 3. The number of amides is 1. The molecule has 1 fully saturated rings. The van der Waals surface area contributed by atoms with E-state index in [-0.39, 0.29) is 5.69 Å². The SMILES string of the molecule is O=C(Nc1cc(F)ccc1F)[C@@H]1CCCN1c1nc2ccccc2o1. The van der Waals surface area contributed by atoms with E-state index in [1.165, 1.54) is 0 Å². The van der Waals surface area contributed by atoms with E-state index in [1.807, 2.05) is 18.2 Å². The number of aromatic nitrogens is 1. The molecule has 0 aliphatic carbocycles. The van der Waals surface area contributed by atoms with Crippen LogP contribution in [0.2, 0.25) is 0 Å². The summed E-state index contributed by atoms with van der Waals surface area (Å²) in [7, 11) is 0. The van der Waals surface area contributed by atoms with Gasteiger partial charge in [0, 0.05) is 12.6 Å². The number of oxazole rings is 1. The first-order chi connectivity index (χ1) is 12.1. The fraction of sp³-hybridized carbons (Fsp3) is 0.222. The van der Waals surface area contributed by atoms with Crippen molar-refractivity contribution in [2.24, 2.45) is 0 Å². The van der Waals surface area contributed by atoms with Crippen LogP contribution in [0.5, 0.6) is 0 Å². The number of para-hydroxylation sites is 2. The number of benzene rings is 2. The number of nitrogens with zero attached hydrogens (tertiary/aromatic N) is 2. The Morgan fingerprint density at radius 3 is 2.92 bits per heavy atom. The molecule has 3 aromatic rings. The van der Waals surface area contributed by atoms with Crippen LogP contribution < -0.4 is 10.2 Å². The van der Waals surface area contributed by atoms with Gasteiger partial charge < -0.3 is 14.6 Å². The number of anilines is 2. The van der Waals surface area contributed by atoms with Gasteiger partial charge >= 0.3 is 0 Å². The molecule has 4 rings (SSSR count). The average Bonchev–Trinajstić information content (AvgIpc) is 3.24. The third-order valence-corrected chi connectivity index (χ3v) is 4.27. The lowest BCUT2D eigenvalue weighted by atomic mass is 10.2. The van der Waals surface area contributed by atoms with Crippen LogP contribution in [0.15, 0.2) is 46.9 Å². The molecular weight excluding hydrogens is 328 g/mol. The molecule has 1 saturated heterocycles. The first-order valence-corrected chi connectivity index (χ1v) is 8.00. The summed E-state index contributed by atoms with van der Waals surface area (Å²) in [5.74, 6) is -1.70. The molecule has 1 aromatic heterocycles. The quantitative estimate of drug-likeness (QED) is 0.788. The summed E-state index contributed by atoms with van der Waals surface area (Å²) in [6.45, 7) is 0.608. The van der Waals surface area contributed by atoms with Gasteiger partial charge in [-0.1, -0.05) is 12.1 Å². The van der Waals surface area contributed by atoms with Gasteiger partial charge in [-0.05, 0) is 37.1 Å². The zero-order valence-corrected chi connectivity index (χ0v) is 13.2. The lowest BCUT2D eigenvalue weighted by Gasteiger charge is -2.22. The highest BCUT2D eigenvalue weighted by Crippen LogP contribution is 2.29. The molecule has 5 nitrogen and oxygen atoms in total. The minimum absolute atomic E-state index is 0.172. The molecular formula is C18H15F2N3O2. The smallest absolute Gasteiger partial charge is 0.299 e. The summed E-state index contributed by atoms with van der Waals surface area (Å²) in [6, 6.07) is 10.1. The monoisotopic (exact) mass is 343 g/mol. The van der Waals surface area contributed by atoms with Crippen LogP contribution in [-0.4, -0.2) is 23.5 Å². The Bertz CT molecular complexity index is 908. The minimum atomic E-state index is -0.679. The standard InChI is InChI=1S/C18H15F2N3O2/c19-11-7-8-12(20)14(10-11)21-17(24)15-5-3-9-23(15)18-22-13-4-1-2-6-16(13)25-18/h1-2,4,6-8,10,15H,3,5,9H2,(H,21,24)/t15-/m0/s1. The summed E-state index contributed by atoms with van der Waals surface area (Å²) in [4.78, 5) is 18.7. The molecule has 7 heteroatoms. The Morgan fingerprint density at radius 1 is 1.24 bits per heavy atom. The molecule has 128 valence electrons. The molecule has 0 bridgehead atoms. The molecule has 1 amide bonds. The van der Waals surface area contributed by atoms with Gasteiger partial charge in [0.25, 0.3) is 6.01 Å². The van der Waals surface area contributed by atoms with Crippen molar-refractivity contribution >= 4 is 28.7 Å². The largest absolute Gasteiger partial charge is 0.423 e. The third kappa shape index (κ3) is 2.93. The molecule has 2 heterocycles. The van der Waals surface area contributed by atoms with Gasteiger partial charge in [-0.25, -0.2) is 8.78 Å². The van der Waals surface area contributed by atoms with Gasteiger partial charge in [0.1, 0.15) is 23.2 Å². The Morgan fingerprint density at radius 2 is 2.08 bits per heavy atom. The lowest BCUT2D eigenvalue weighted by molar-refractivity contribution is -0.117. The van der Waals surface area contributed by atoms with E-state index in [9.17, 15) is 13.6 Å². The van der Waals surface area contributed by atoms with Gasteiger partial charge in [-0.2, -0.15) is 4.98 Å². The summed E-state index contributed by atoms with van der Waals surface area (Å²) in [6.07, 6.45) is 1.37. The Labute approximate surface area is 142 Å². The number of hydrogen-bond acceptors (Lipinski definition) is 4. The van der Waals surface area contributed by atoms with E-state index in [0.717, 1.165) is 24.6 Å². The molecule has 0 unspecified atom stereocenters. The van der Waals surface area contributed by atoms with E-state index in [1.54, 1.807) is 11.0 Å². The van der Waals surface area contributed by atoms with Crippen molar-refractivity contribution in [2.75, 3.05) is 16.8 Å². The molecule has 25 heavy (non-hydrogen) atoms. The van der Waals surface area contributed by atoms with E-state index in [0.29, 0.717) is 30.1 Å². The van der Waals surface area contributed by atoms with Crippen molar-refractivity contribution in [3.8, 4) is 0 Å². The zero-order chi connectivity index (χ0) is 17.4. The number of carbonyl (C=O) groups excluding carboxylic acids is 1. The third-order valence-electron chi connectivity index (χ3n) is 4.27. The number of fused-ring (bicyclic) bond motifs is 1. The Balaban J connectivity index is 1.58. The predicted octanol–water partition coefficient (Wildman–Crippen LogP) is 3.71. The van der Waals surface area contributed by atoms with Crippen molar-refractivity contribution in [3.63, 3.8) is 0 Å². The van der Waals surface area contributed by atoms with Gasteiger partial charge in [-0.3, -0.25) is 4.79 Å². The molecule has 0 saturated carbocycles. The van der Waals surface area contributed by atoms with Crippen molar-refractivity contribution in [2.45, 2.75) is 18.9 Å². The maximum Gasteiger partial charge on any atom is 0.299 e. The van der Waals surface area contributed by atoms with Crippen LogP contribution in [0.3, 0.4) is 0 Å². The summed E-state index contributed by atoms with van der Waals surface area (Å²) >= 11 is 0. The topological polar surface area (TPSA) is 58.4 Å². The van der Waals surface area contributed by atoms with E-state index >= 15 is 0 Å². The van der Waals surface area contributed by atoms with Gasteiger partial charge in [-0.15, -0.1) is 0 Å². The van der Waals surface area contributed by atoms with Crippen LogP contribution in [0, 0.1) is 11.6 Å². The maximum absolute atomic E-state index is 13.8. The van der Waals surface area contributed by atoms with E-state index in [4.69, 9.17) is 4.42 Å². The van der Waals surface area contributed by atoms with Crippen molar-refractivity contribution < 1.29 is 18.0 Å². The number of halogens is 2. The van der Waals surface area contributed by atoms with Crippen molar-refractivity contribution in [1.29, 1.82) is 0 Å². The van der Waals surface area contributed by atoms with Crippen LogP contribution in [0.25, 0.3) is 11.1 Å². The average molecular weight is 343 g/mol. The predicted molar refractivity (Wildman–Crippen MR) is 89.4 cm³/mol. The number of nitrogens with one attached hydrogen (secondary N) is 1. The highest BCUT2D eigenvalue weighted by atomic mass is 19.1. The van der Waals surface area contributed by atoms with Gasteiger partial charge in [0.05, 0.1) is 5.69 Å². The van der Waals surface area contributed by atoms with Crippen LogP contribution in [0.1, 0.15) is 12.8 Å². The first kappa shape index (κ1) is 15.6. The molecule has 1 aliphatic rings.